The standard InChI is InChI=1S/C23H28BrFN2O3S/c1-16(17-6-10-19(24)11-7-17)27(22(28)30-5)15-14-21(26-31(29)23(2,3)4)18-8-12-20(25)13-9-18/h6-16,21,26H,1-5H3/t16-,21?,31?/m0/s1. The van der Waals surface area contributed by atoms with Gasteiger partial charge in [0, 0.05) is 10.7 Å². The second kappa shape index (κ2) is 11.0. The number of methoxy groups -OCH3 is 1. The average Bonchev–Trinajstić information content (AvgIpc) is 2.72. The lowest BCUT2D eigenvalue weighted by Gasteiger charge is -2.27. The number of nitrogens with one attached hydrogen (secondary N) is 1. The summed E-state index contributed by atoms with van der Waals surface area (Å²) in [5.41, 5.74) is 1.64. The molecule has 3 atom stereocenters. The maximum Gasteiger partial charge on any atom is 0.414 e. The number of halogens is 2. The zero-order chi connectivity index (χ0) is 23.2. The highest BCUT2D eigenvalue weighted by atomic mass is 79.9. The Hall–Kier alpha value is -2.03. The van der Waals surface area contributed by atoms with Crippen LogP contribution >= 0.6 is 15.9 Å². The molecule has 0 aromatic heterocycles. The molecule has 0 bridgehead atoms. The highest BCUT2D eigenvalue weighted by Gasteiger charge is 2.24. The largest absolute Gasteiger partial charge is 0.452 e. The second-order valence-electron chi connectivity index (χ2n) is 7.97. The fourth-order valence-corrected chi connectivity index (χ4v) is 3.78. The van der Waals surface area contributed by atoms with Gasteiger partial charge in [0.15, 0.2) is 0 Å². The zero-order valence-electron chi connectivity index (χ0n) is 18.3. The Morgan fingerprint density at radius 2 is 1.68 bits per heavy atom. The van der Waals surface area contributed by atoms with Gasteiger partial charge in [-0.15, -0.1) is 0 Å². The summed E-state index contributed by atoms with van der Waals surface area (Å²) < 4.78 is 34.6. The number of hydrogen-bond acceptors (Lipinski definition) is 3. The Morgan fingerprint density at radius 1 is 1.13 bits per heavy atom. The summed E-state index contributed by atoms with van der Waals surface area (Å²) in [6, 6.07) is 12.8. The van der Waals surface area contributed by atoms with Gasteiger partial charge in [0.05, 0.1) is 34.9 Å². The third-order valence-electron chi connectivity index (χ3n) is 4.61. The monoisotopic (exact) mass is 510 g/mol. The highest BCUT2D eigenvalue weighted by molar-refractivity contribution is 9.10. The quantitative estimate of drug-likeness (QED) is 0.494. The van der Waals surface area contributed by atoms with E-state index in [1.165, 1.54) is 24.1 Å². The number of benzene rings is 2. The molecule has 168 valence electrons. The van der Waals surface area contributed by atoms with E-state index in [4.69, 9.17) is 4.74 Å². The van der Waals surface area contributed by atoms with Gasteiger partial charge in [0.1, 0.15) is 5.82 Å². The molecular formula is C23H28BrFN2O3S. The molecule has 0 heterocycles. The Bertz CT molecular complexity index is 927. The molecule has 5 nitrogen and oxygen atoms in total. The lowest BCUT2D eigenvalue weighted by atomic mass is 10.1. The number of carbonyl (C=O) groups excluding carboxylic acids is 1. The van der Waals surface area contributed by atoms with Crippen LogP contribution in [-0.2, 0) is 15.7 Å². The summed E-state index contributed by atoms with van der Waals surface area (Å²) in [7, 11) is -0.0634. The molecule has 2 unspecified atom stereocenters. The highest BCUT2D eigenvalue weighted by Crippen LogP contribution is 2.25. The van der Waals surface area contributed by atoms with E-state index in [0.717, 1.165) is 15.6 Å². The number of rotatable bonds is 7. The molecular weight excluding hydrogens is 483 g/mol. The predicted octanol–water partition coefficient (Wildman–Crippen LogP) is 6.02. The topological polar surface area (TPSA) is 58.6 Å². The van der Waals surface area contributed by atoms with E-state index in [9.17, 15) is 13.4 Å². The molecule has 2 aromatic carbocycles. The van der Waals surface area contributed by atoms with Gasteiger partial charge in [-0.05, 0) is 69.2 Å². The first-order valence-corrected chi connectivity index (χ1v) is 11.7. The third kappa shape index (κ3) is 7.26. The van der Waals surface area contributed by atoms with Crippen molar-refractivity contribution < 1.29 is 18.1 Å². The number of ether oxygens (including phenoxy) is 1. The van der Waals surface area contributed by atoms with Crippen molar-refractivity contribution in [1.29, 1.82) is 0 Å². The second-order valence-corrected chi connectivity index (χ2v) is 10.9. The van der Waals surface area contributed by atoms with Crippen LogP contribution in [0.2, 0.25) is 0 Å². The van der Waals surface area contributed by atoms with Crippen LogP contribution in [0.4, 0.5) is 9.18 Å². The lowest BCUT2D eigenvalue weighted by molar-refractivity contribution is 0.128. The molecule has 0 aliphatic carbocycles. The third-order valence-corrected chi connectivity index (χ3v) is 6.72. The summed E-state index contributed by atoms with van der Waals surface area (Å²) >= 11 is 3.41. The Balaban J connectivity index is 2.37. The van der Waals surface area contributed by atoms with Gasteiger partial charge in [-0.2, -0.15) is 0 Å². The Labute approximate surface area is 194 Å². The van der Waals surface area contributed by atoms with Gasteiger partial charge in [-0.3, -0.25) is 4.90 Å². The minimum Gasteiger partial charge on any atom is -0.452 e. The van der Waals surface area contributed by atoms with Crippen LogP contribution in [0.5, 0.6) is 0 Å². The van der Waals surface area contributed by atoms with Crippen LogP contribution < -0.4 is 4.72 Å². The Kier molecular flexibility index (Phi) is 8.97. The van der Waals surface area contributed by atoms with Crippen molar-refractivity contribution in [3.05, 3.63) is 82.2 Å². The van der Waals surface area contributed by atoms with E-state index < -0.39 is 27.9 Å². The van der Waals surface area contributed by atoms with Crippen LogP contribution in [0.1, 0.15) is 50.9 Å². The van der Waals surface area contributed by atoms with Crippen LogP contribution in [0.3, 0.4) is 0 Å². The first-order chi connectivity index (χ1) is 14.5. The van der Waals surface area contributed by atoms with E-state index in [2.05, 4.69) is 20.7 Å². The lowest BCUT2D eigenvalue weighted by Crippen LogP contribution is -2.35. The summed E-state index contributed by atoms with van der Waals surface area (Å²) in [6.45, 7) is 7.46. The number of carbonyl (C=O) groups is 1. The van der Waals surface area contributed by atoms with Gasteiger partial charge in [0.2, 0.25) is 0 Å². The average molecular weight is 511 g/mol. The van der Waals surface area contributed by atoms with Crippen LogP contribution in [0.15, 0.2) is 65.3 Å². The van der Waals surface area contributed by atoms with Crippen LogP contribution in [0.25, 0.3) is 0 Å². The van der Waals surface area contributed by atoms with Gasteiger partial charge in [-0.1, -0.05) is 40.2 Å². The summed E-state index contributed by atoms with van der Waals surface area (Å²) in [5, 5.41) is 0. The molecule has 1 amide bonds. The molecule has 0 spiro atoms. The fraction of sp³-hybridized carbons (Fsp3) is 0.348. The molecule has 0 radical (unpaired) electrons. The van der Waals surface area contributed by atoms with Crippen molar-refractivity contribution in [2.75, 3.05) is 7.11 Å². The van der Waals surface area contributed by atoms with Crippen LogP contribution in [-0.4, -0.2) is 27.1 Å². The molecule has 0 aliphatic heterocycles. The van der Waals surface area contributed by atoms with E-state index in [0.29, 0.717) is 0 Å². The zero-order valence-corrected chi connectivity index (χ0v) is 20.7. The molecule has 0 saturated carbocycles. The maximum atomic E-state index is 13.4. The molecule has 2 rings (SSSR count). The molecule has 31 heavy (non-hydrogen) atoms. The van der Waals surface area contributed by atoms with Gasteiger partial charge in [-0.25, -0.2) is 18.1 Å². The molecule has 2 aromatic rings. The van der Waals surface area contributed by atoms with Crippen molar-refractivity contribution in [3.63, 3.8) is 0 Å². The van der Waals surface area contributed by atoms with Crippen molar-refractivity contribution in [3.8, 4) is 0 Å². The minimum absolute atomic E-state index is 0.307. The summed E-state index contributed by atoms with van der Waals surface area (Å²) in [6.07, 6.45) is 2.81. The maximum absolute atomic E-state index is 13.4. The molecule has 0 saturated heterocycles. The number of amides is 1. The van der Waals surface area contributed by atoms with E-state index in [1.54, 1.807) is 24.4 Å². The first kappa shape index (κ1) is 25.2. The summed E-state index contributed by atoms with van der Waals surface area (Å²) in [4.78, 5) is 13.9. The molecule has 0 fully saturated rings. The molecule has 1 N–H and O–H groups in total. The van der Waals surface area contributed by atoms with Gasteiger partial charge < -0.3 is 4.74 Å². The van der Waals surface area contributed by atoms with Gasteiger partial charge in [0.25, 0.3) is 0 Å². The van der Waals surface area contributed by atoms with Crippen molar-refractivity contribution in [1.82, 2.24) is 9.62 Å². The SMILES string of the molecule is COC(=O)N(C=CC(NS(=O)C(C)(C)C)c1ccc(F)cc1)[C@@H](C)c1ccc(Br)cc1. The fourth-order valence-electron chi connectivity index (χ4n) is 2.71. The van der Waals surface area contributed by atoms with Crippen molar-refractivity contribution in [2.24, 2.45) is 0 Å². The van der Waals surface area contributed by atoms with Crippen LogP contribution in [0, 0.1) is 5.82 Å². The van der Waals surface area contributed by atoms with E-state index >= 15 is 0 Å². The molecule has 8 heteroatoms. The minimum atomic E-state index is -1.38. The normalized spacial score (nSPS) is 14.8. The van der Waals surface area contributed by atoms with Crippen molar-refractivity contribution in [2.45, 2.75) is 44.5 Å². The predicted molar refractivity (Wildman–Crippen MR) is 126 cm³/mol. The number of hydrogen-bond donors (Lipinski definition) is 1. The Morgan fingerprint density at radius 3 is 2.19 bits per heavy atom. The van der Waals surface area contributed by atoms with Crippen molar-refractivity contribution >= 4 is 33.0 Å². The first-order valence-electron chi connectivity index (χ1n) is 9.76. The molecule has 0 aliphatic rings. The van der Waals surface area contributed by atoms with E-state index in [1.807, 2.05) is 52.0 Å². The summed E-state index contributed by atoms with van der Waals surface area (Å²) in [5.74, 6) is -0.358. The van der Waals surface area contributed by atoms with Gasteiger partial charge >= 0.3 is 6.09 Å². The van der Waals surface area contributed by atoms with E-state index in [-0.39, 0.29) is 11.9 Å². The number of nitrogens with zero attached hydrogens (tertiary/aromatic N) is 1. The smallest absolute Gasteiger partial charge is 0.414 e.